The molecule has 1 aromatic rings. The summed E-state index contributed by atoms with van der Waals surface area (Å²) in [4.78, 5) is 11.8. The summed E-state index contributed by atoms with van der Waals surface area (Å²) in [6, 6.07) is 3.67. The molecule has 2 unspecified atom stereocenters. The molecule has 0 N–H and O–H groups in total. The number of ether oxygens (including phenoxy) is 1. The Balaban J connectivity index is -0.000000109. The molecule has 1 aromatic heterocycles. The van der Waals surface area contributed by atoms with Crippen molar-refractivity contribution in [2.45, 2.75) is 169 Å². The van der Waals surface area contributed by atoms with Gasteiger partial charge in [-0.15, -0.1) is 0 Å². The summed E-state index contributed by atoms with van der Waals surface area (Å²) in [6.07, 6.45) is 18.9. The molecule has 4 rings (SSSR count). The van der Waals surface area contributed by atoms with Crippen LogP contribution >= 0.6 is 11.8 Å². The number of fused-ring (bicyclic) bond motifs is 2. The van der Waals surface area contributed by atoms with Gasteiger partial charge in [0.25, 0.3) is 0 Å². The van der Waals surface area contributed by atoms with Crippen molar-refractivity contribution >= 4 is 17.5 Å². The lowest BCUT2D eigenvalue weighted by Gasteiger charge is -2.11. The second-order valence-electron chi connectivity index (χ2n) is 14.1. The standard InChI is InChI=1S/C11H14O2.C5H6.C4H4O.C4H10S.4C4H10.2C2H6/c1-6(2)11(12)10-7(3)8-4-5-9(10)13-8;2*1-2-4-5-3-1;1-4(2)5-3;4*1-4(2)3;2*1-2/h4-6,8-9H,1-3H3;1-4H,5H2;1-4H;4H,1-3H3;4*4H,1-3H3;2*1-2H3. The fourth-order valence-corrected chi connectivity index (χ4v) is 2.50. The first-order valence-corrected chi connectivity index (χ1v) is 20.0. The highest BCUT2D eigenvalue weighted by molar-refractivity contribution is 7.99. The van der Waals surface area contributed by atoms with Crippen molar-refractivity contribution in [1.82, 2.24) is 0 Å². The SMILES string of the molecule is C1=CCC=C1.CC.CC.CC(C)C.CC(C)C.CC(C)C.CC(C)C.CC1=C(C(=O)C(C)C)C2C=CC1O2.CSC(C)C.c1ccoc1. The topological polar surface area (TPSA) is 39.4 Å². The first kappa shape index (κ1) is 58.4. The van der Waals surface area contributed by atoms with Gasteiger partial charge >= 0.3 is 0 Å². The fourth-order valence-electron chi connectivity index (χ4n) is 2.50. The van der Waals surface area contributed by atoms with Crippen LogP contribution in [0.5, 0.6) is 0 Å². The minimum absolute atomic E-state index is 0.0556. The summed E-state index contributed by atoms with van der Waals surface area (Å²) in [5.74, 6) is 3.63. The quantitative estimate of drug-likeness (QED) is 0.295. The molecule has 0 radical (unpaired) electrons. The largest absolute Gasteiger partial charge is 0.473 e. The molecule has 0 amide bonds. The van der Waals surface area contributed by atoms with E-state index in [0.717, 1.165) is 46.5 Å². The van der Waals surface area contributed by atoms with Gasteiger partial charge in [-0.3, -0.25) is 4.79 Å². The van der Waals surface area contributed by atoms with Gasteiger partial charge in [0.2, 0.25) is 0 Å². The zero-order valence-corrected chi connectivity index (χ0v) is 37.0. The molecule has 3 aliphatic rings. The first-order chi connectivity index (χ1) is 22.3. The number of rotatable bonds is 3. The average Bonchev–Trinajstić information content (AvgIpc) is 3.82. The fraction of sp³-hybridized carbons (Fsp3) is 0.705. The summed E-state index contributed by atoms with van der Waals surface area (Å²) < 4.78 is 10.1. The number of thioether (sulfide) groups is 1. The van der Waals surface area contributed by atoms with Gasteiger partial charge in [0.15, 0.2) is 5.78 Å². The predicted molar refractivity (Wildman–Crippen MR) is 225 cm³/mol. The van der Waals surface area contributed by atoms with Gasteiger partial charge in [-0.2, -0.15) is 11.8 Å². The Morgan fingerprint density at radius 3 is 1.12 bits per heavy atom. The Bertz CT molecular complexity index is 791. The molecule has 2 aliphatic heterocycles. The van der Waals surface area contributed by atoms with Crippen LogP contribution in [0, 0.1) is 29.6 Å². The summed E-state index contributed by atoms with van der Waals surface area (Å²) >= 11 is 1.88. The number of carbonyl (C=O) groups excluding carboxylic acids is 1. The van der Waals surface area contributed by atoms with Crippen LogP contribution in [0.4, 0.5) is 0 Å². The molecule has 1 aliphatic carbocycles. The van der Waals surface area contributed by atoms with Crippen LogP contribution in [0.25, 0.3) is 0 Å². The van der Waals surface area contributed by atoms with Crippen LogP contribution in [0.15, 0.2) is 76.7 Å². The molecule has 2 atom stereocenters. The van der Waals surface area contributed by atoms with Crippen LogP contribution in [-0.2, 0) is 9.53 Å². The molecule has 3 nitrogen and oxygen atoms in total. The molecule has 48 heavy (non-hydrogen) atoms. The normalized spacial score (nSPS) is 15.2. The molecule has 4 heteroatoms. The number of furan rings is 1. The minimum atomic E-state index is -0.0556. The van der Waals surface area contributed by atoms with Crippen molar-refractivity contribution < 1.29 is 13.9 Å². The molecule has 0 saturated carbocycles. The maximum atomic E-state index is 11.8. The highest BCUT2D eigenvalue weighted by atomic mass is 32.2. The van der Waals surface area contributed by atoms with E-state index in [9.17, 15) is 4.79 Å². The zero-order valence-electron chi connectivity index (χ0n) is 36.2. The molecular formula is C44H86O3S. The van der Waals surface area contributed by atoms with E-state index in [4.69, 9.17) is 4.74 Å². The smallest absolute Gasteiger partial charge is 0.164 e. The van der Waals surface area contributed by atoms with E-state index in [-0.39, 0.29) is 23.9 Å². The zero-order chi connectivity index (χ0) is 39.3. The van der Waals surface area contributed by atoms with E-state index < -0.39 is 0 Å². The van der Waals surface area contributed by atoms with Crippen molar-refractivity contribution in [2.24, 2.45) is 29.6 Å². The Hall–Kier alpha value is -1.78. The third-order valence-electron chi connectivity index (χ3n) is 4.23. The summed E-state index contributed by atoms with van der Waals surface area (Å²) in [7, 11) is 0. The van der Waals surface area contributed by atoms with Gasteiger partial charge in [0, 0.05) is 11.5 Å². The van der Waals surface area contributed by atoms with E-state index in [1.165, 1.54) is 0 Å². The summed E-state index contributed by atoms with van der Waals surface area (Å²) in [5.41, 5.74) is 1.99. The number of allylic oxidation sites excluding steroid dienone is 4. The lowest BCUT2D eigenvalue weighted by atomic mass is 9.90. The van der Waals surface area contributed by atoms with Gasteiger partial charge in [-0.05, 0) is 66.2 Å². The molecule has 0 saturated heterocycles. The van der Waals surface area contributed by atoms with Gasteiger partial charge in [0.05, 0.1) is 18.6 Å². The second-order valence-corrected chi connectivity index (χ2v) is 15.5. The van der Waals surface area contributed by atoms with E-state index in [1.807, 2.05) is 84.5 Å². The Labute approximate surface area is 307 Å². The van der Waals surface area contributed by atoms with Crippen molar-refractivity contribution in [1.29, 1.82) is 0 Å². The third kappa shape index (κ3) is 53.7. The number of carbonyl (C=O) groups is 1. The van der Waals surface area contributed by atoms with Gasteiger partial charge < -0.3 is 9.15 Å². The van der Waals surface area contributed by atoms with Crippen LogP contribution < -0.4 is 0 Å². The highest BCUT2D eigenvalue weighted by Gasteiger charge is 2.37. The Kier molecular flexibility index (Phi) is 52.6. The molecule has 286 valence electrons. The minimum Gasteiger partial charge on any atom is -0.473 e. The van der Waals surface area contributed by atoms with Crippen molar-refractivity contribution in [3.8, 4) is 0 Å². The maximum absolute atomic E-state index is 11.8. The maximum Gasteiger partial charge on any atom is 0.164 e. The molecule has 2 bridgehead atoms. The number of hydrogen-bond acceptors (Lipinski definition) is 4. The molecule has 0 aromatic carbocycles. The first-order valence-electron chi connectivity index (χ1n) is 18.7. The van der Waals surface area contributed by atoms with Gasteiger partial charge in [-0.1, -0.05) is 175 Å². The van der Waals surface area contributed by atoms with E-state index in [2.05, 4.69) is 132 Å². The van der Waals surface area contributed by atoms with Gasteiger partial charge in [0.1, 0.15) is 6.10 Å². The molecule has 0 fully saturated rings. The second kappa shape index (κ2) is 43.2. The third-order valence-corrected chi connectivity index (χ3v) is 5.17. The van der Waals surface area contributed by atoms with Crippen LogP contribution in [0.3, 0.4) is 0 Å². The highest BCUT2D eigenvalue weighted by Crippen LogP contribution is 2.35. The Morgan fingerprint density at radius 1 is 0.646 bits per heavy atom. The van der Waals surface area contributed by atoms with Crippen LogP contribution in [0.2, 0.25) is 0 Å². The van der Waals surface area contributed by atoms with E-state index in [1.54, 1.807) is 12.5 Å². The lowest BCUT2D eigenvalue weighted by Crippen LogP contribution is -2.18. The van der Waals surface area contributed by atoms with Crippen LogP contribution in [0.1, 0.15) is 152 Å². The van der Waals surface area contributed by atoms with Crippen molar-refractivity contribution in [2.75, 3.05) is 6.26 Å². The van der Waals surface area contributed by atoms with Crippen LogP contribution in [-0.4, -0.2) is 29.5 Å². The summed E-state index contributed by atoms with van der Waals surface area (Å²) in [6.45, 7) is 44.2. The van der Waals surface area contributed by atoms with Crippen molar-refractivity contribution in [3.05, 3.63) is 72.3 Å². The van der Waals surface area contributed by atoms with E-state index in [0.29, 0.717) is 0 Å². The number of hydrogen-bond donors (Lipinski definition) is 0. The number of Topliss-reactive ketones (excluding diaryl/α,β-unsaturated/α-hetero) is 1. The monoisotopic (exact) mass is 695 g/mol. The number of ketones is 1. The summed E-state index contributed by atoms with van der Waals surface area (Å²) in [5, 5.41) is 0.801. The molecular weight excluding hydrogens is 609 g/mol. The van der Waals surface area contributed by atoms with E-state index >= 15 is 0 Å². The lowest BCUT2D eigenvalue weighted by molar-refractivity contribution is -0.118. The predicted octanol–water partition coefficient (Wildman–Crippen LogP) is 15.1. The molecule has 0 spiro atoms. The average molecular weight is 695 g/mol. The Morgan fingerprint density at radius 2 is 0.958 bits per heavy atom. The van der Waals surface area contributed by atoms with Crippen molar-refractivity contribution in [3.63, 3.8) is 0 Å². The van der Waals surface area contributed by atoms with Gasteiger partial charge in [-0.25, -0.2) is 0 Å². The molecule has 3 heterocycles.